The molecule has 1 atom stereocenters. The third-order valence-electron chi connectivity index (χ3n) is 3.57. The number of nitrogens with zero attached hydrogens (tertiary/aromatic N) is 4. The second-order valence-corrected chi connectivity index (χ2v) is 5.37. The Hall–Kier alpha value is -0.580. The number of hydrogen-bond acceptors (Lipinski definition) is 4. The zero-order chi connectivity index (χ0) is 13.1. The summed E-state index contributed by atoms with van der Waals surface area (Å²) in [7, 11) is 0. The van der Waals surface area contributed by atoms with E-state index in [-0.39, 0.29) is 0 Å². The van der Waals surface area contributed by atoms with E-state index in [0.717, 1.165) is 31.9 Å². The van der Waals surface area contributed by atoms with Crippen LogP contribution < -0.4 is 4.90 Å². The van der Waals surface area contributed by atoms with Gasteiger partial charge in [-0.2, -0.15) is 0 Å². The maximum atomic E-state index is 6.07. The highest BCUT2D eigenvalue weighted by Gasteiger charge is 2.22. The summed E-state index contributed by atoms with van der Waals surface area (Å²) < 4.78 is 0. The van der Waals surface area contributed by atoms with Gasteiger partial charge >= 0.3 is 0 Å². The SMILES string of the molecule is CCC(C)N1CCN(c2cc(Cl)nnc2Cl)CC1. The molecule has 1 aliphatic rings. The number of anilines is 1. The normalized spacial score (nSPS) is 19.0. The van der Waals surface area contributed by atoms with E-state index in [1.807, 2.05) is 0 Å². The lowest BCUT2D eigenvalue weighted by molar-refractivity contribution is 0.193. The maximum absolute atomic E-state index is 6.07. The van der Waals surface area contributed by atoms with Crippen molar-refractivity contribution in [3.63, 3.8) is 0 Å². The predicted molar refractivity (Wildman–Crippen MR) is 75.6 cm³/mol. The van der Waals surface area contributed by atoms with Crippen molar-refractivity contribution in [2.45, 2.75) is 26.3 Å². The smallest absolute Gasteiger partial charge is 0.175 e. The van der Waals surface area contributed by atoms with Gasteiger partial charge < -0.3 is 4.90 Å². The van der Waals surface area contributed by atoms with E-state index in [9.17, 15) is 0 Å². The maximum Gasteiger partial charge on any atom is 0.175 e. The average molecular weight is 289 g/mol. The van der Waals surface area contributed by atoms with Gasteiger partial charge in [0, 0.05) is 38.3 Å². The van der Waals surface area contributed by atoms with Gasteiger partial charge in [0.15, 0.2) is 10.3 Å². The van der Waals surface area contributed by atoms with Gasteiger partial charge in [0.25, 0.3) is 0 Å². The van der Waals surface area contributed by atoms with Crippen molar-refractivity contribution < 1.29 is 0 Å². The molecule has 1 fully saturated rings. The number of halogens is 2. The van der Waals surface area contributed by atoms with Gasteiger partial charge in [-0.3, -0.25) is 4.90 Å². The first-order chi connectivity index (χ1) is 8.61. The minimum Gasteiger partial charge on any atom is -0.366 e. The van der Waals surface area contributed by atoms with Crippen molar-refractivity contribution >= 4 is 28.9 Å². The van der Waals surface area contributed by atoms with Crippen LogP contribution >= 0.6 is 23.2 Å². The Morgan fingerprint density at radius 3 is 2.50 bits per heavy atom. The van der Waals surface area contributed by atoms with E-state index in [4.69, 9.17) is 23.2 Å². The molecule has 1 aromatic heterocycles. The fraction of sp³-hybridized carbons (Fsp3) is 0.667. The van der Waals surface area contributed by atoms with Crippen molar-refractivity contribution in [2.75, 3.05) is 31.1 Å². The molecule has 0 radical (unpaired) electrons. The molecule has 0 spiro atoms. The van der Waals surface area contributed by atoms with Crippen LogP contribution in [0.5, 0.6) is 0 Å². The zero-order valence-corrected chi connectivity index (χ0v) is 12.2. The summed E-state index contributed by atoms with van der Waals surface area (Å²) in [6.07, 6.45) is 1.18. The van der Waals surface area contributed by atoms with E-state index >= 15 is 0 Å². The highest BCUT2D eigenvalue weighted by Crippen LogP contribution is 2.26. The monoisotopic (exact) mass is 288 g/mol. The molecule has 1 saturated heterocycles. The van der Waals surface area contributed by atoms with Gasteiger partial charge in [-0.15, -0.1) is 10.2 Å². The van der Waals surface area contributed by atoms with Gasteiger partial charge in [-0.05, 0) is 13.3 Å². The van der Waals surface area contributed by atoms with Crippen molar-refractivity contribution in [1.29, 1.82) is 0 Å². The molecular formula is C12H18Cl2N4. The molecule has 0 N–H and O–H groups in total. The van der Waals surface area contributed by atoms with Crippen LogP contribution in [0.4, 0.5) is 5.69 Å². The van der Waals surface area contributed by atoms with Gasteiger partial charge in [0.1, 0.15) is 0 Å². The Bertz CT molecular complexity index is 405. The topological polar surface area (TPSA) is 32.3 Å². The number of hydrogen-bond donors (Lipinski definition) is 0. The number of rotatable bonds is 3. The molecule has 0 saturated carbocycles. The van der Waals surface area contributed by atoms with E-state index in [1.165, 1.54) is 6.42 Å². The van der Waals surface area contributed by atoms with E-state index in [0.29, 0.717) is 16.3 Å². The van der Waals surface area contributed by atoms with Crippen molar-refractivity contribution in [3.8, 4) is 0 Å². The molecule has 1 aromatic rings. The molecular weight excluding hydrogens is 271 g/mol. The lowest BCUT2D eigenvalue weighted by atomic mass is 10.2. The molecule has 2 heterocycles. The van der Waals surface area contributed by atoms with Crippen molar-refractivity contribution in [2.24, 2.45) is 0 Å². The molecule has 0 bridgehead atoms. The zero-order valence-electron chi connectivity index (χ0n) is 10.7. The van der Waals surface area contributed by atoms with E-state index < -0.39 is 0 Å². The Balaban J connectivity index is 2.03. The summed E-state index contributed by atoms with van der Waals surface area (Å²) >= 11 is 11.9. The van der Waals surface area contributed by atoms with Gasteiger partial charge in [0.05, 0.1) is 5.69 Å². The molecule has 2 rings (SSSR count). The molecule has 6 heteroatoms. The first-order valence-corrected chi connectivity index (χ1v) is 7.05. The van der Waals surface area contributed by atoms with E-state index in [1.54, 1.807) is 6.07 Å². The summed E-state index contributed by atoms with van der Waals surface area (Å²) in [6.45, 7) is 8.49. The molecule has 0 aliphatic carbocycles. The van der Waals surface area contributed by atoms with Gasteiger partial charge in [-0.25, -0.2) is 0 Å². The lowest BCUT2D eigenvalue weighted by Crippen LogP contribution is -2.49. The minimum atomic E-state index is 0.388. The van der Waals surface area contributed by atoms with Gasteiger partial charge in [0.2, 0.25) is 0 Å². The van der Waals surface area contributed by atoms with Crippen molar-refractivity contribution in [1.82, 2.24) is 15.1 Å². The summed E-state index contributed by atoms with van der Waals surface area (Å²) in [5.74, 6) is 0. The first-order valence-electron chi connectivity index (χ1n) is 6.29. The standard InChI is InChI=1S/C12H18Cl2N4/c1-3-9(2)17-4-6-18(7-5-17)10-8-11(13)15-16-12(10)14/h8-9H,3-7H2,1-2H3. The predicted octanol–water partition coefficient (Wildman–Crippen LogP) is 2.70. The van der Waals surface area contributed by atoms with Crippen LogP contribution in [-0.4, -0.2) is 47.3 Å². The fourth-order valence-corrected chi connectivity index (χ4v) is 2.58. The lowest BCUT2D eigenvalue weighted by Gasteiger charge is -2.38. The largest absolute Gasteiger partial charge is 0.366 e. The number of aromatic nitrogens is 2. The fourth-order valence-electron chi connectivity index (χ4n) is 2.23. The molecule has 0 amide bonds. The Labute approximate surface area is 118 Å². The summed E-state index contributed by atoms with van der Waals surface area (Å²) in [5.41, 5.74) is 0.889. The second kappa shape index (κ2) is 6.04. The van der Waals surface area contributed by atoms with Crippen LogP contribution in [0.2, 0.25) is 10.3 Å². The third kappa shape index (κ3) is 3.05. The molecule has 1 unspecified atom stereocenters. The molecule has 0 aromatic carbocycles. The highest BCUT2D eigenvalue weighted by molar-refractivity contribution is 6.33. The van der Waals surface area contributed by atoms with Crippen LogP contribution in [0.15, 0.2) is 6.07 Å². The second-order valence-electron chi connectivity index (χ2n) is 4.62. The van der Waals surface area contributed by atoms with Crippen LogP contribution in [-0.2, 0) is 0 Å². The van der Waals surface area contributed by atoms with Crippen LogP contribution in [0.3, 0.4) is 0 Å². The van der Waals surface area contributed by atoms with Crippen molar-refractivity contribution in [3.05, 3.63) is 16.4 Å². The average Bonchev–Trinajstić information content (AvgIpc) is 2.41. The summed E-state index contributed by atoms with van der Waals surface area (Å²) in [4.78, 5) is 4.72. The number of piperazine rings is 1. The quantitative estimate of drug-likeness (QED) is 0.856. The van der Waals surface area contributed by atoms with Crippen LogP contribution in [0.1, 0.15) is 20.3 Å². The Morgan fingerprint density at radius 1 is 1.22 bits per heavy atom. The Kier molecular flexibility index (Phi) is 4.65. The van der Waals surface area contributed by atoms with E-state index in [2.05, 4.69) is 33.8 Å². The van der Waals surface area contributed by atoms with Crippen LogP contribution in [0.25, 0.3) is 0 Å². The summed E-state index contributed by atoms with van der Waals surface area (Å²) in [6, 6.07) is 2.43. The molecule has 18 heavy (non-hydrogen) atoms. The molecule has 100 valence electrons. The Morgan fingerprint density at radius 2 is 1.89 bits per heavy atom. The first kappa shape index (κ1) is 13.8. The third-order valence-corrected chi connectivity index (χ3v) is 4.02. The summed E-state index contributed by atoms with van der Waals surface area (Å²) in [5, 5.41) is 8.40. The minimum absolute atomic E-state index is 0.388. The van der Waals surface area contributed by atoms with Crippen LogP contribution in [0, 0.1) is 0 Å². The molecule has 1 aliphatic heterocycles. The molecule has 4 nitrogen and oxygen atoms in total. The highest BCUT2D eigenvalue weighted by atomic mass is 35.5. The van der Waals surface area contributed by atoms with Gasteiger partial charge in [-0.1, -0.05) is 30.1 Å².